The van der Waals surface area contributed by atoms with Crippen LogP contribution in [-0.2, 0) is 52.3 Å². The summed E-state index contributed by atoms with van der Waals surface area (Å²) in [7, 11) is 0. The second-order valence-electron chi connectivity index (χ2n) is 16.8. The molecule has 0 aliphatic carbocycles. The molecule has 32 heteroatoms. The second kappa shape index (κ2) is 23.7. The van der Waals surface area contributed by atoms with E-state index < -0.39 is 222 Å². The van der Waals surface area contributed by atoms with Crippen LogP contribution in [0.4, 0.5) is 0 Å². The van der Waals surface area contributed by atoms with E-state index in [0.29, 0.717) is 0 Å². The van der Waals surface area contributed by atoms with Gasteiger partial charge in [0.25, 0.3) is 17.4 Å². The van der Waals surface area contributed by atoms with E-state index in [0.717, 1.165) is 0 Å². The highest BCUT2D eigenvalue weighted by Gasteiger charge is 2.62. The zero-order valence-electron chi connectivity index (χ0n) is 35.6. The summed E-state index contributed by atoms with van der Waals surface area (Å²) in [5.74, 6) is -15.9. The first-order chi connectivity index (χ1) is 31.7. The number of aliphatic hydroxyl groups excluding tert-OH is 16. The lowest BCUT2D eigenvalue weighted by molar-refractivity contribution is -0.380. The topological polar surface area (TPSA) is 561 Å². The summed E-state index contributed by atoms with van der Waals surface area (Å²) in [6.07, 6.45) is -43.4. The quantitative estimate of drug-likeness (QED) is 0.0452. The summed E-state index contributed by atoms with van der Waals surface area (Å²) in [5.41, 5.74) is 11.4. The number of rotatable bonds is 23. The van der Waals surface area contributed by atoms with Crippen molar-refractivity contribution in [3.8, 4) is 0 Å². The Kier molecular flexibility index (Phi) is 20.2. The Morgan fingerprint density at radius 2 is 1.06 bits per heavy atom. The van der Waals surface area contributed by atoms with E-state index in [-0.39, 0.29) is 0 Å². The van der Waals surface area contributed by atoms with Crippen molar-refractivity contribution >= 4 is 17.9 Å². The van der Waals surface area contributed by atoms with Crippen LogP contribution in [0.1, 0.15) is 19.3 Å². The molecule has 32 nitrogen and oxygen atoms in total. The van der Waals surface area contributed by atoms with Crippen molar-refractivity contribution in [2.45, 2.75) is 165 Å². The molecule has 0 aromatic carbocycles. The third kappa shape index (κ3) is 12.3. The van der Waals surface area contributed by atoms with Crippen LogP contribution in [0.2, 0.25) is 0 Å². The van der Waals surface area contributed by atoms with Crippen LogP contribution in [0, 0.1) is 0 Å². The zero-order valence-corrected chi connectivity index (χ0v) is 35.6. The number of hydrogen-bond donors (Lipinski definition) is 21. The number of aliphatic carboxylic acids is 3. The Morgan fingerprint density at radius 3 is 1.56 bits per heavy atom. The fraction of sp³-hybridized carbons (Fsp3) is 0.917. The number of nitrogens with two attached hydrogens (primary N) is 2. The van der Waals surface area contributed by atoms with E-state index in [9.17, 15) is 106 Å². The SMILES string of the molecule is N[C@H]1[C@H](OC[C@@H](O)[C@@H](O)[C@H](O)[C@@H](N)CO)O[C@H](CO[C@]2(C(=O)O)C[C@@H](O[C@]3(C(=O)O)C[C@@H](O)[C@@H](O)[C@@H]([C@H](O)CO[C@]4(C(=O)O)C[C@@H](O)[C@@H](O)[C@@H]([C@H](O)CO)O4)O3)[C@@H](O)[C@@H]([C@H](O)CO)O2)[C@@H](O)[C@@H]1O. The highest BCUT2D eigenvalue weighted by atomic mass is 16.8. The van der Waals surface area contributed by atoms with Crippen LogP contribution in [0.25, 0.3) is 0 Å². The molecule has 0 aromatic rings. The zero-order chi connectivity index (χ0) is 51.4. The summed E-state index contributed by atoms with van der Waals surface area (Å²) < 4.78 is 43.4. The molecule has 24 atom stereocenters. The van der Waals surface area contributed by atoms with Crippen LogP contribution in [0.15, 0.2) is 0 Å². The molecule has 0 aromatic heterocycles. The van der Waals surface area contributed by atoms with Crippen LogP contribution in [-0.4, -0.2) is 300 Å². The Balaban J connectivity index is 1.59. The van der Waals surface area contributed by atoms with Gasteiger partial charge in [0.05, 0.1) is 76.1 Å². The molecule has 4 heterocycles. The fourth-order valence-corrected chi connectivity index (χ4v) is 7.82. The maximum absolute atomic E-state index is 13.0. The minimum atomic E-state index is -3.33. The van der Waals surface area contributed by atoms with Crippen molar-refractivity contribution in [1.82, 2.24) is 0 Å². The smallest absolute Gasteiger partial charge is 0.364 e. The molecule has 68 heavy (non-hydrogen) atoms. The third-order valence-corrected chi connectivity index (χ3v) is 12.0. The molecule has 4 rings (SSSR count). The minimum Gasteiger partial charge on any atom is -0.477 e. The summed E-state index contributed by atoms with van der Waals surface area (Å²) in [6, 6.07) is -3.01. The molecule has 0 spiro atoms. The van der Waals surface area contributed by atoms with Gasteiger partial charge in [-0.05, 0) is 0 Å². The van der Waals surface area contributed by atoms with Gasteiger partial charge < -0.3 is 146 Å². The van der Waals surface area contributed by atoms with Gasteiger partial charge in [-0.1, -0.05) is 0 Å². The lowest BCUT2D eigenvalue weighted by atomic mass is 9.89. The van der Waals surface area contributed by atoms with Gasteiger partial charge in [-0.25, -0.2) is 14.4 Å². The van der Waals surface area contributed by atoms with Gasteiger partial charge in [-0.3, -0.25) is 0 Å². The van der Waals surface area contributed by atoms with Crippen LogP contribution < -0.4 is 11.5 Å². The first-order valence-corrected chi connectivity index (χ1v) is 20.8. The van der Waals surface area contributed by atoms with Gasteiger partial charge in [-0.2, -0.15) is 0 Å². The highest BCUT2D eigenvalue weighted by molar-refractivity contribution is 5.77. The number of hydrogen-bond acceptors (Lipinski definition) is 29. The third-order valence-electron chi connectivity index (χ3n) is 12.0. The molecule has 0 bridgehead atoms. The number of aliphatic hydroxyl groups is 16. The van der Waals surface area contributed by atoms with Crippen molar-refractivity contribution in [3.63, 3.8) is 0 Å². The molecule has 0 radical (unpaired) electrons. The normalized spacial score (nSPS) is 42.3. The molecular formula is C36H62N2O30. The monoisotopic (exact) mass is 1000 g/mol. The molecule has 4 fully saturated rings. The van der Waals surface area contributed by atoms with Gasteiger partial charge in [0, 0.05) is 19.3 Å². The lowest BCUT2D eigenvalue weighted by Gasteiger charge is -2.50. The Morgan fingerprint density at radius 1 is 0.588 bits per heavy atom. The van der Waals surface area contributed by atoms with E-state index >= 15 is 0 Å². The van der Waals surface area contributed by atoms with Crippen LogP contribution in [0.5, 0.6) is 0 Å². The van der Waals surface area contributed by atoms with Crippen LogP contribution in [0.3, 0.4) is 0 Å². The standard InChI is InChI=1S/C36H62N2O30/c37-10(4-39)20(48)21(49)15(46)7-61-30-19(38)26(54)24(52)18(64-30)9-63-35(32(57)58)3-17(25(53)28(67-35)14(45)6-41)65-36(33(59)60)2-12(43)23(51)29(68-36)16(47)8-62-34(31(55)56)1-11(42)22(50)27(66-34)13(44)5-40/h10-30,39-54H,1-9,37-38H2,(H,55,56)(H,57,58)(H,59,60)/t10-,11+,12+,13+,14+,15+,16+,17+,18+,19+,20+,21+,22+,23+,24+,25+,26+,27+,28+,29+,30+,34+,35+,36+/m0/s1. The van der Waals surface area contributed by atoms with Crippen molar-refractivity contribution in [2.24, 2.45) is 11.5 Å². The number of carbonyl (C=O) groups is 3. The Hall–Kier alpha value is -2.63. The maximum atomic E-state index is 13.0. The van der Waals surface area contributed by atoms with Crippen molar-refractivity contribution in [1.29, 1.82) is 0 Å². The lowest BCUT2D eigenvalue weighted by Crippen LogP contribution is -2.68. The van der Waals surface area contributed by atoms with Crippen molar-refractivity contribution in [2.75, 3.05) is 39.6 Å². The first kappa shape index (κ1) is 57.9. The molecule has 23 N–H and O–H groups in total. The Labute approximate surface area is 383 Å². The summed E-state index contributed by atoms with van der Waals surface area (Å²) in [6.45, 7) is -6.52. The van der Waals surface area contributed by atoms with Gasteiger partial charge >= 0.3 is 17.9 Å². The summed E-state index contributed by atoms with van der Waals surface area (Å²) in [4.78, 5) is 38.4. The highest BCUT2D eigenvalue weighted by Crippen LogP contribution is 2.41. The van der Waals surface area contributed by atoms with E-state index in [1.54, 1.807) is 0 Å². The van der Waals surface area contributed by atoms with E-state index in [2.05, 4.69) is 0 Å². The molecule has 0 amide bonds. The van der Waals surface area contributed by atoms with Crippen molar-refractivity contribution < 1.29 is 149 Å². The van der Waals surface area contributed by atoms with Gasteiger partial charge in [0.15, 0.2) is 6.29 Å². The largest absolute Gasteiger partial charge is 0.477 e. The number of carboxylic acid groups (broad SMARTS) is 3. The molecule has 4 aliphatic heterocycles. The fourth-order valence-electron chi connectivity index (χ4n) is 7.82. The van der Waals surface area contributed by atoms with Gasteiger partial charge in [0.1, 0.15) is 85.5 Å². The molecular weight excluding hydrogens is 940 g/mol. The number of carboxylic acids is 3. The van der Waals surface area contributed by atoms with E-state index in [1.165, 1.54) is 0 Å². The average molecular weight is 1000 g/mol. The van der Waals surface area contributed by atoms with Crippen molar-refractivity contribution in [3.05, 3.63) is 0 Å². The molecule has 4 aliphatic rings. The van der Waals surface area contributed by atoms with E-state index in [1.807, 2.05) is 0 Å². The molecule has 396 valence electrons. The summed E-state index contributed by atoms with van der Waals surface area (Å²) >= 11 is 0. The van der Waals surface area contributed by atoms with E-state index in [4.69, 9.17) is 54.5 Å². The molecule has 0 saturated carbocycles. The first-order valence-electron chi connectivity index (χ1n) is 20.8. The molecule has 0 unspecified atom stereocenters. The minimum absolute atomic E-state index is 0.790. The predicted molar refractivity (Wildman–Crippen MR) is 206 cm³/mol. The maximum Gasteiger partial charge on any atom is 0.364 e. The summed E-state index contributed by atoms with van der Waals surface area (Å²) in [5, 5.41) is 197. The number of ether oxygens (including phenoxy) is 8. The average Bonchev–Trinajstić information content (AvgIpc) is 3.30. The second-order valence-corrected chi connectivity index (χ2v) is 16.8. The molecule has 4 saturated heterocycles. The Bertz CT molecular complexity index is 1660. The van der Waals surface area contributed by atoms with Gasteiger partial charge in [-0.15, -0.1) is 0 Å². The van der Waals surface area contributed by atoms with Gasteiger partial charge in [0.2, 0.25) is 0 Å². The predicted octanol–water partition coefficient (Wildman–Crippen LogP) is -12.8. The van der Waals surface area contributed by atoms with Crippen LogP contribution >= 0.6 is 0 Å².